The largest absolute Gasteiger partial charge is 0.478 e. The Morgan fingerprint density at radius 1 is 1.06 bits per heavy atom. The van der Waals surface area contributed by atoms with Crippen LogP contribution in [-0.4, -0.2) is 46.8 Å². The van der Waals surface area contributed by atoms with E-state index in [1.54, 1.807) is 13.0 Å². The molecule has 34 heavy (non-hydrogen) atoms. The summed E-state index contributed by atoms with van der Waals surface area (Å²) >= 11 is 0. The van der Waals surface area contributed by atoms with E-state index in [4.69, 9.17) is 0 Å². The molecule has 4 N–H and O–H groups in total. The van der Waals surface area contributed by atoms with E-state index in [0.717, 1.165) is 18.2 Å². The third kappa shape index (κ3) is 4.77. The predicted molar refractivity (Wildman–Crippen MR) is 113 cm³/mol. The Labute approximate surface area is 190 Å². The lowest BCUT2D eigenvalue weighted by Gasteiger charge is -2.08. The number of aromatic amines is 1. The van der Waals surface area contributed by atoms with Gasteiger partial charge >= 0.3 is 5.97 Å². The molecule has 2 aromatic carbocycles. The van der Waals surface area contributed by atoms with E-state index in [2.05, 4.69) is 15.3 Å². The number of hydrogen-bond donors (Lipinski definition) is 4. The van der Waals surface area contributed by atoms with Gasteiger partial charge in [-0.3, -0.25) is 19.0 Å². The molecule has 1 aromatic heterocycles. The number of nitrogens with one attached hydrogen (secondary N) is 1. The van der Waals surface area contributed by atoms with E-state index < -0.39 is 64.2 Å². The summed E-state index contributed by atoms with van der Waals surface area (Å²) in [6.07, 6.45) is 0. The van der Waals surface area contributed by atoms with Crippen molar-refractivity contribution < 1.29 is 35.8 Å². The van der Waals surface area contributed by atoms with Gasteiger partial charge in [0.05, 0.1) is 16.1 Å². The Kier molecular flexibility index (Phi) is 6.22. The van der Waals surface area contributed by atoms with Gasteiger partial charge in [-0.15, -0.1) is 10.2 Å². The van der Waals surface area contributed by atoms with Gasteiger partial charge in [-0.25, -0.2) is 9.48 Å². The molecule has 14 nitrogen and oxygen atoms in total. The molecule has 0 fully saturated rings. The van der Waals surface area contributed by atoms with Crippen molar-refractivity contribution in [3.05, 3.63) is 63.6 Å². The van der Waals surface area contributed by atoms with Crippen molar-refractivity contribution in [3.63, 3.8) is 0 Å². The van der Waals surface area contributed by atoms with Crippen LogP contribution in [0.3, 0.4) is 0 Å². The Morgan fingerprint density at radius 2 is 1.74 bits per heavy atom. The van der Waals surface area contributed by atoms with Gasteiger partial charge in [0.25, 0.3) is 25.8 Å². The number of azo groups is 1. The van der Waals surface area contributed by atoms with Gasteiger partial charge in [0.1, 0.15) is 16.7 Å². The first-order valence-electron chi connectivity index (χ1n) is 8.84. The summed E-state index contributed by atoms with van der Waals surface area (Å²) in [6.45, 7) is 1.59. The molecule has 0 unspecified atom stereocenters. The summed E-state index contributed by atoms with van der Waals surface area (Å²) in [6, 6.07) is 7.59. The summed E-state index contributed by atoms with van der Waals surface area (Å²) in [5.74, 6) is -1.56. The molecular formula is C18H13N5O9S2. The number of aromatic nitrogens is 2. The highest BCUT2D eigenvalue weighted by Crippen LogP contribution is 2.28. The van der Waals surface area contributed by atoms with Gasteiger partial charge < -0.3 is 5.11 Å². The zero-order valence-corrected chi connectivity index (χ0v) is 18.5. The summed E-state index contributed by atoms with van der Waals surface area (Å²) in [7, 11) is -9.48. The average Bonchev–Trinajstić information content (AvgIpc) is 3.05. The quantitative estimate of drug-likeness (QED) is 0.279. The molecule has 0 aliphatic heterocycles. The topological polar surface area (TPSA) is 232 Å². The number of carboxylic acid groups (broad SMARTS) is 1. The van der Waals surface area contributed by atoms with E-state index >= 15 is 0 Å². The van der Waals surface area contributed by atoms with Gasteiger partial charge in [-0.05, 0) is 42.8 Å². The molecule has 0 saturated heterocycles. The number of nitriles is 1. The molecule has 0 aliphatic rings. The summed E-state index contributed by atoms with van der Waals surface area (Å²) in [4.78, 5) is 23.1. The number of aromatic carboxylic acids is 1. The van der Waals surface area contributed by atoms with Crippen molar-refractivity contribution in [2.75, 3.05) is 0 Å². The first-order valence-corrected chi connectivity index (χ1v) is 11.7. The Morgan fingerprint density at radius 3 is 2.29 bits per heavy atom. The maximum atomic E-state index is 12.9. The first-order chi connectivity index (χ1) is 15.7. The fourth-order valence-corrected chi connectivity index (χ4v) is 3.94. The number of rotatable bonds is 6. The van der Waals surface area contributed by atoms with E-state index in [1.807, 2.05) is 0 Å². The second kappa shape index (κ2) is 8.64. The van der Waals surface area contributed by atoms with Crippen LogP contribution in [0.5, 0.6) is 0 Å². The van der Waals surface area contributed by atoms with Crippen molar-refractivity contribution in [3.8, 4) is 11.8 Å². The van der Waals surface area contributed by atoms with Crippen LogP contribution in [0, 0.1) is 18.3 Å². The molecule has 3 rings (SSSR count). The van der Waals surface area contributed by atoms with Crippen molar-refractivity contribution >= 4 is 37.6 Å². The van der Waals surface area contributed by atoms with Crippen LogP contribution in [0.25, 0.3) is 5.69 Å². The minimum atomic E-state index is -4.78. The zero-order chi connectivity index (χ0) is 25.4. The second-order valence-corrected chi connectivity index (χ2v) is 9.50. The second-order valence-electron chi connectivity index (χ2n) is 6.69. The smallest absolute Gasteiger partial charge is 0.337 e. The van der Waals surface area contributed by atoms with Gasteiger partial charge in [-0.2, -0.15) is 22.1 Å². The fraction of sp³-hybridized carbons (Fsp3) is 0.0556. The van der Waals surface area contributed by atoms with Crippen molar-refractivity contribution in [1.82, 2.24) is 9.78 Å². The molecule has 0 saturated carbocycles. The molecule has 16 heteroatoms. The van der Waals surface area contributed by atoms with E-state index in [-0.39, 0.29) is 5.69 Å². The first kappa shape index (κ1) is 24.5. The lowest BCUT2D eigenvalue weighted by molar-refractivity contribution is 0.0696. The van der Waals surface area contributed by atoms with E-state index in [1.165, 1.54) is 12.1 Å². The van der Waals surface area contributed by atoms with Crippen LogP contribution in [-0.2, 0) is 20.2 Å². The number of H-pyrrole nitrogens is 1. The Hall–Kier alpha value is -4.17. The maximum Gasteiger partial charge on any atom is 0.337 e. The molecule has 0 radical (unpaired) electrons. The lowest BCUT2D eigenvalue weighted by atomic mass is 10.2. The number of carbonyl (C=O) groups is 1. The number of hydrogen-bond acceptors (Lipinski definition) is 9. The average molecular weight is 507 g/mol. The molecule has 176 valence electrons. The standard InChI is InChI=1S/C18H13N5O9S2/c1-9-2-5-15(34(30,31)32)12(6-9)20-21-16-13(8-19)22-23(17(16)24)14-7-10(33(27,28)29)3-4-11(14)18(25)26/h2-7,22H,1H3,(H,25,26)(H,27,28,29)(H,30,31,32). The minimum Gasteiger partial charge on any atom is -0.478 e. The molecule has 1 heterocycles. The Balaban J connectivity index is 2.25. The van der Waals surface area contributed by atoms with Gasteiger partial charge in [0, 0.05) is 0 Å². The maximum absolute atomic E-state index is 12.9. The summed E-state index contributed by atoms with van der Waals surface area (Å²) in [5, 5.41) is 28.3. The van der Waals surface area contributed by atoms with Gasteiger partial charge in [0.2, 0.25) is 0 Å². The fourth-order valence-electron chi connectivity index (χ4n) is 2.83. The Bertz CT molecular complexity index is 1680. The summed E-state index contributed by atoms with van der Waals surface area (Å²) in [5.41, 5.74) is -3.26. The van der Waals surface area contributed by atoms with Crippen LogP contribution >= 0.6 is 0 Å². The molecule has 3 aromatic rings. The van der Waals surface area contributed by atoms with Crippen molar-refractivity contribution in [2.45, 2.75) is 16.7 Å². The van der Waals surface area contributed by atoms with Crippen molar-refractivity contribution in [2.24, 2.45) is 10.2 Å². The van der Waals surface area contributed by atoms with Crippen molar-refractivity contribution in [1.29, 1.82) is 5.26 Å². The minimum absolute atomic E-state index is 0.349. The third-order valence-electron chi connectivity index (χ3n) is 4.37. The number of benzene rings is 2. The SMILES string of the molecule is Cc1ccc(S(=O)(=O)O)c(N=Nc2c(C#N)[nH]n(-c3cc(S(=O)(=O)O)ccc3C(=O)O)c2=O)c1. The van der Waals surface area contributed by atoms with Crippen LogP contribution in [0.4, 0.5) is 11.4 Å². The monoisotopic (exact) mass is 507 g/mol. The van der Waals surface area contributed by atoms with Crippen LogP contribution in [0.1, 0.15) is 21.6 Å². The molecule has 0 spiro atoms. The predicted octanol–water partition coefficient (Wildman–Crippen LogP) is 1.95. The summed E-state index contributed by atoms with van der Waals surface area (Å²) < 4.78 is 65.2. The van der Waals surface area contributed by atoms with E-state index in [0.29, 0.717) is 16.3 Å². The van der Waals surface area contributed by atoms with Crippen LogP contribution in [0.2, 0.25) is 0 Å². The molecule has 0 aliphatic carbocycles. The third-order valence-corrected chi connectivity index (χ3v) is 6.12. The van der Waals surface area contributed by atoms with Gasteiger partial charge in [-0.1, -0.05) is 6.07 Å². The highest BCUT2D eigenvalue weighted by Gasteiger charge is 2.23. The molecule has 0 bridgehead atoms. The zero-order valence-electron chi connectivity index (χ0n) is 16.9. The molecule has 0 atom stereocenters. The highest BCUT2D eigenvalue weighted by molar-refractivity contribution is 7.86. The van der Waals surface area contributed by atoms with Crippen LogP contribution in [0.15, 0.2) is 61.2 Å². The molecular weight excluding hydrogens is 494 g/mol. The molecule has 0 amide bonds. The number of carboxylic acids is 1. The number of nitrogens with zero attached hydrogens (tertiary/aromatic N) is 4. The van der Waals surface area contributed by atoms with Gasteiger partial charge in [0.15, 0.2) is 11.4 Å². The normalized spacial score (nSPS) is 12.1. The van der Waals surface area contributed by atoms with Crippen LogP contribution < -0.4 is 5.56 Å². The highest BCUT2D eigenvalue weighted by atomic mass is 32.2. The lowest BCUT2D eigenvalue weighted by Crippen LogP contribution is -2.18. The van der Waals surface area contributed by atoms with E-state index in [9.17, 15) is 45.9 Å². The number of aryl methyl sites for hydroxylation is 1.